The predicted octanol–water partition coefficient (Wildman–Crippen LogP) is 7.78. The molecule has 0 radical (unpaired) electrons. The van der Waals surface area contributed by atoms with Crippen LogP contribution in [0, 0.1) is 0 Å². The van der Waals surface area contributed by atoms with Gasteiger partial charge in [-0.2, -0.15) is 0 Å². The first kappa shape index (κ1) is 24.4. The minimum absolute atomic E-state index is 0.117. The topological polar surface area (TPSA) is 27.7 Å². The lowest BCUT2D eigenvalue weighted by Crippen LogP contribution is -2.25. The average molecular weight is 544 g/mol. The molecule has 3 aromatic rings. The van der Waals surface area contributed by atoms with Crippen LogP contribution in [0.25, 0.3) is 0 Å². The summed E-state index contributed by atoms with van der Waals surface area (Å²) in [6, 6.07) is 25.3. The first-order valence-electron chi connectivity index (χ1n) is 11.1. The van der Waals surface area contributed by atoms with E-state index in [1.165, 1.54) is 16.7 Å². The summed E-state index contributed by atoms with van der Waals surface area (Å²) in [5.74, 6) is 2.64. The van der Waals surface area contributed by atoms with Gasteiger partial charge < -0.3 is 14.2 Å². The van der Waals surface area contributed by atoms with Gasteiger partial charge in [0.2, 0.25) is 0 Å². The quantitative estimate of drug-likeness (QED) is 0.157. The number of alkyl halides is 1. The molecule has 0 N–H and O–H groups in total. The van der Waals surface area contributed by atoms with Gasteiger partial charge in [-0.1, -0.05) is 36.4 Å². The van der Waals surface area contributed by atoms with Gasteiger partial charge in [0, 0.05) is 5.41 Å². The van der Waals surface area contributed by atoms with Crippen LogP contribution in [0.5, 0.6) is 17.2 Å². The molecule has 0 bridgehead atoms. The SMILES string of the molecule is CC(C)Oc1ccc(C(C)(c2ccc(OC(C)C)cc2)c2ccc(OC(C)I)cc2)cc1. The highest BCUT2D eigenvalue weighted by molar-refractivity contribution is 14.1. The van der Waals surface area contributed by atoms with E-state index >= 15 is 0 Å². The molecular weight excluding hydrogens is 511 g/mol. The van der Waals surface area contributed by atoms with Gasteiger partial charge in [-0.15, -0.1) is 0 Å². The first-order valence-corrected chi connectivity index (χ1v) is 12.4. The predicted molar refractivity (Wildman–Crippen MR) is 141 cm³/mol. The molecule has 32 heavy (non-hydrogen) atoms. The highest BCUT2D eigenvalue weighted by Crippen LogP contribution is 2.40. The van der Waals surface area contributed by atoms with Crippen molar-refractivity contribution in [3.63, 3.8) is 0 Å². The number of hydrogen-bond donors (Lipinski definition) is 0. The van der Waals surface area contributed by atoms with E-state index in [-0.39, 0.29) is 21.7 Å². The van der Waals surface area contributed by atoms with Crippen molar-refractivity contribution in [1.29, 1.82) is 0 Å². The normalized spacial score (nSPS) is 12.7. The lowest BCUT2D eigenvalue weighted by atomic mass is 9.71. The van der Waals surface area contributed by atoms with Crippen LogP contribution >= 0.6 is 22.6 Å². The van der Waals surface area contributed by atoms with Crippen molar-refractivity contribution in [2.45, 2.75) is 63.3 Å². The number of halogens is 1. The van der Waals surface area contributed by atoms with Crippen LogP contribution in [0.1, 0.15) is 58.2 Å². The van der Waals surface area contributed by atoms with Crippen LogP contribution in [0.3, 0.4) is 0 Å². The van der Waals surface area contributed by atoms with Crippen LogP contribution in [-0.4, -0.2) is 16.3 Å². The second-order valence-electron chi connectivity index (χ2n) is 8.69. The maximum absolute atomic E-state index is 5.86. The Labute approximate surface area is 206 Å². The van der Waals surface area contributed by atoms with Crippen molar-refractivity contribution in [2.75, 3.05) is 0 Å². The van der Waals surface area contributed by atoms with Crippen molar-refractivity contribution in [3.8, 4) is 17.2 Å². The van der Waals surface area contributed by atoms with E-state index in [4.69, 9.17) is 14.2 Å². The van der Waals surface area contributed by atoms with E-state index in [2.05, 4.69) is 102 Å². The van der Waals surface area contributed by atoms with Gasteiger partial charge in [0.25, 0.3) is 0 Å². The molecule has 0 amide bonds. The highest BCUT2D eigenvalue weighted by atomic mass is 127. The van der Waals surface area contributed by atoms with Gasteiger partial charge in [0.05, 0.1) is 12.2 Å². The maximum Gasteiger partial charge on any atom is 0.146 e. The van der Waals surface area contributed by atoms with Crippen molar-refractivity contribution < 1.29 is 14.2 Å². The Morgan fingerprint density at radius 1 is 0.531 bits per heavy atom. The molecule has 0 aliphatic rings. The Bertz CT molecular complexity index is 845. The van der Waals surface area contributed by atoms with Crippen LogP contribution in [0.15, 0.2) is 72.8 Å². The monoisotopic (exact) mass is 544 g/mol. The minimum Gasteiger partial charge on any atom is -0.491 e. The van der Waals surface area contributed by atoms with Gasteiger partial charge in [-0.3, -0.25) is 0 Å². The fourth-order valence-electron chi connectivity index (χ4n) is 3.83. The molecule has 1 atom stereocenters. The first-order chi connectivity index (χ1) is 15.2. The largest absolute Gasteiger partial charge is 0.491 e. The lowest BCUT2D eigenvalue weighted by Gasteiger charge is -2.32. The molecule has 0 saturated carbocycles. The molecular formula is C28H33IO3. The van der Waals surface area contributed by atoms with Crippen molar-refractivity contribution >= 4 is 22.6 Å². The molecule has 0 saturated heterocycles. The Morgan fingerprint density at radius 3 is 1.06 bits per heavy atom. The number of ether oxygens (including phenoxy) is 3. The van der Waals surface area contributed by atoms with Crippen LogP contribution in [0.4, 0.5) is 0 Å². The Kier molecular flexibility index (Phi) is 8.10. The lowest BCUT2D eigenvalue weighted by molar-refractivity contribution is 0.242. The Morgan fingerprint density at radius 2 is 0.812 bits per heavy atom. The van der Waals surface area contributed by atoms with E-state index < -0.39 is 0 Å². The third kappa shape index (κ3) is 5.97. The number of rotatable bonds is 9. The second-order valence-corrected chi connectivity index (χ2v) is 10.4. The highest BCUT2D eigenvalue weighted by Gasteiger charge is 2.31. The van der Waals surface area contributed by atoms with Crippen LogP contribution in [-0.2, 0) is 5.41 Å². The molecule has 3 rings (SSSR count). The smallest absolute Gasteiger partial charge is 0.146 e. The van der Waals surface area contributed by atoms with Gasteiger partial charge >= 0.3 is 0 Å². The Balaban J connectivity index is 2.04. The summed E-state index contributed by atoms with van der Waals surface area (Å²) in [5.41, 5.74) is 3.24. The summed E-state index contributed by atoms with van der Waals surface area (Å²) in [4.78, 5) is 0. The summed E-state index contributed by atoms with van der Waals surface area (Å²) >= 11 is 2.27. The molecule has 170 valence electrons. The fraction of sp³-hybridized carbons (Fsp3) is 0.357. The van der Waals surface area contributed by atoms with Gasteiger partial charge in [-0.25, -0.2) is 0 Å². The zero-order valence-corrected chi connectivity index (χ0v) is 21.9. The molecule has 3 aromatic carbocycles. The second kappa shape index (κ2) is 10.6. The van der Waals surface area contributed by atoms with Crippen LogP contribution < -0.4 is 14.2 Å². The molecule has 4 heteroatoms. The molecule has 3 nitrogen and oxygen atoms in total. The van der Waals surface area contributed by atoms with E-state index in [1.807, 2.05) is 34.6 Å². The maximum atomic E-state index is 5.86. The minimum atomic E-state index is -0.346. The van der Waals surface area contributed by atoms with Crippen molar-refractivity contribution in [3.05, 3.63) is 89.5 Å². The van der Waals surface area contributed by atoms with E-state index in [0.717, 1.165) is 17.2 Å². The molecule has 1 unspecified atom stereocenters. The van der Waals surface area contributed by atoms with Crippen molar-refractivity contribution in [2.24, 2.45) is 0 Å². The molecule has 0 fully saturated rings. The van der Waals surface area contributed by atoms with E-state index in [9.17, 15) is 0 Å². The molecule has 0 aromatic heterocycles. The molecule has 0 spiro atoms. The van der Waals surface area contributed by atoms with Gasteiger partial charge in [-0.05, 0) is 117 Å². The van der Waals surface area contributed by atoms with Gasteiger partial charge in [0.15, 0.2) is 0 Å². The standard InChI is InChI=1S/C28H33IO3/c1-19(2)30-25-13-7-22(8-14-25)28(6,23-9-15-26(16-10-23)31-20(3)4)24-11-17-27(18-12-24)32-21(5)29/h7-21H,1-6H3. The van der Waals surface area contributed by atoms with Crippen molar-refractivity contribution in [1.82, 2.24) is 0 Å². The average Bonchev–Trinajstić information content (AvgIpc) is 2.73. The summed E-state index contributed by atoms with van der Waals surface area (Å²) in [7, 11) is 0. The van der Waals surface area contributed by atoms with E-state index in [1.54, 1.807) is 0 Å². The summed E-state index contributed by atoms with van der Waals surface area (Å²) in [6.07, 6.45) is 0.294. The third-order valence-electron chi connectivity index (χ3n) is 5.34. The zero-order chi connectivity index (χ0) is 23.3. The fourth-order valence-corrected chi connectivity index (χ4v) is 4.13. The summed E-state index contributed by atoms with van der Waals surface area (Å²) < 4.78 is 17.7. The number of benzene rings is 3. The van der Waals surface area contributed by atoms with Crippen LogP contribution in [0.2, 0.25) is 0 Å². The Hall–Kier alpha value is -2.21. The molecule has 0 aliphatic heterocycles. The van der Waals surface area contributed by atoms with Gasteiger partial charge in [0.1, 0.15) is 21.4 Å². The summed E-state index contributed by atoms with van der Waals surface area (Å²) in [5, 5.41) is 0. The molecule has 0 aliphatic carbocycles. The van der Waals surface area contributed by atoms with E-state index in [0.29, 0.717) is 0 Å². The molecule has 0 heterocycles. The number of hydrogen-bond acceptors (Lipinski definition) is 3. The third-order valence-corrected chi connectivity index (χ3v) is 5.59. The zero-order valence-electron chi connectivity index (χ0n) is 19.8. The summed E-state index contributed by atoms with van der Waals surface area (Å²) in [6.45, 7) is 12.5.